The number of para-hydroxylation sites is 1. The Morgan fingerprint density at radius 3 is 2.24 bits per heavy atom. The van der Waals surface area contributed by atoms with Crippen molar-refractivity contribution in [2.24, 2.45) is 5.41 Å². The number of carboxylic acids is 1. The van der Waals surface area contributed by atoms with E-state index in [4.69, 9.17) is 9.90 Å². The number of halogens is 1. The minimum Gasteiger partial charge on any atom is -0.481 e. The van der Waals surface area contributed by atoms with Gasteiger partial charge in [-0.25, -0.2) is 4.39 Å². The third-order valence-corrected chi connectivity index (χ3v) is 4.85. The number of aromatic nitrogens is 1. The van der Waals surface area contributed by atoms with Crippen molar-refractivity contribution in [1.82, 2.24) is 4.57 Å². The zero-order valence-electron chi connectivity index (χ0n) is 16.8. The minimum atomic E-state index is -0.833. The molecule has 1 aromatic heterocycles. The van der Waals surface area contributed by atoms with Crippen LogP contribution >= 0.6 is 0 Å². The first-order valence-electron chi connectivity index (χ1n) is 9.47. The van der Waals surface area contributed by atoms with Gasteiger partial charge in [-0.3, -0.25) is 9.59 Å². The van der Waals surface area contributed by atoms with Gasteiger partial charge in [0.1, 0.15) is 5.82 Å². The number of rotatable bonds is 2. The molecule has 0 fully saturated rings. The van der Waals surface area contributed by atoms with Crippen molar-refractivity contribution in [2.75, 3.05) is 0 Å². The van der Waals surface area contributed by atoms with Gasteiger partial charge in [-0.05, 0) is 35.6 Å². The summed E-state index contributed by atoms with van der Waals surface area (Å²) in [6.07, 6.45) is 1.27. The number of hydrogen-bond donors (Lipinski definition) is 1. The van der Waals surface area contributed by atoms with Gasteiger partial charge in [-0.1, -0.05) is 56.3 Å². The molecular formula is C24H24FNO3. The summed E-state index contributed by atoms with van der Waals surface area (Å²) in [6, 6.07) is 18.5. The summed E-state index contributed by atoms with van der Waals surface area (Å²) < 4.78 is 16.5. The fraction of sp³-hybridized carbons (Fsp3) is 0.250. The summed E-state index contributed by atoms with van der Waals surface area (Å²) in [7, 11) is 0. The smallest absolute Gasteiger partial charge is 0.300 e. The third-order valence-electron chi connectivity index (χ3n) is 4.85. The lowest BCUT2D eigenvalue weighted by atomic mass is 9.76. The average Bonchev–Trinajstić information content (AvgIpc) is 3.01. The Bertz CT molecular complexity index is 1050. The molecule has 0 spiro atoms. The van der Waals surface area contributed by atoms with Crippen LogP contribution < -0.4 is 0 Å². The van der Waals surface area contributed by atoms with Gasteiger partial charge in [0.25, 0.3) is 5.97 Å². The van der Waals surface area contributed by atoms with E-state index in [-0.39, 0.29) is 17.0 Å². The molecule has 0 unspecified atom stereocenters. The zero-order chi connectivity index (χ0) is 21.2. The highest BCUT2D eigenvalue weighted by atomic mass is 19.1. The van der Waals surface area contributed by atoms with Crippen LogP contribution in [0.15, 0.2) is 60.7 Å². The van der Waals surface area contributed by atoms with Gasteiger partial charge in [0.05, 0.1) is 11.4 Å². The molecule has 5 heteroatoms. The number of carbonyl (C=O) groups is 2. The van der Waals surface area contributed by atoms with Crippen LogP contribution in [0.2, 0.25) is 0 Å². The fourth-order valence-corrected chi connectivity index (χ4v) is 3.74. The van der Waals surface area contributed by atoms with E-state index in [1.807, 2.05) is 47.0 Å². The SMILES string of the molecule is CC(=O)O.CC1(C)CC(=O)c2cc(-c3ccccc3)n(-c3ccccc3F)c2C1. The van der Waals surface area contributed by atoms with E-state index in [1.165, 1.54) is 6.07 Å². The van der Waals surface area contributed by atoms with Crippen LogP contribution in [-0.4, -0.2) is 21.4 Å². The summed E-state index contributed by atoms with van der Waals surface area (Å²) in [5.41, 5.74) is 3.84. The van der Waals surface area contributed by atoms with Crippen molar-refractivity contribution in [2.45, 2.75) is 33.6 Å². The maximum Gasteiger partial charge on any atom is 0.300 e. The molecule has 0 radical (unpaired) electrons. The number of nitrogens with zero attached hydrogens (tertiary/aromatic N) is 1. The molecule has 29 heavy (non-hydrogen) atoms. The lowest BCUT2D eigenvalue weighted by Gasteiger charge is -2.30. The number of carboxylic acid groups (broad SMARTS) is 1. The third kappa shape index (κ3) is 4.45. The van der Waals surface area contributed by atoms with Gasteiger partial charge < -0.3 is 9.67 Å². The first kappa shape index (κ1) is 20.5. The molecule has 150 valence electrons. The number of aliphatic carboxylic acids is 1. The largest absolute Gasteiger partial charge is 0.481 e. The summed E-state index contributed by atoms with van der Waals surface area (Å²) in [4.78, 5) is 21.7. The van der Waals surface area contributed by atoms with Gasteiger partial charge in [-0.15, -0.1) is 0 Å². The molecule has 0 aliphatic heterocycles. The molecule has 1 N–H and O–H groups in total. The molecule has 0 amide bonds. The Kier molecular flexibility index (Phi) is 5.69. The van der Waals surface area contributed by atoms with Crippen LogP contribution in [0.5, 0.6) is 0 Å². The molecule has 3 aromatic rings. The van der Waals surface area contributed by atoms with Gasteiger partial charge in [0.2, 0.25) is 0 Å². The highest BCUT2D eigenvalue weighted by Gasteiger charge is 2.35. The second-order valence-corrected chi connectivity index (χ2v) is 8.00. The first-order valence-corrected chi connectivity index (χ1v) is 9.47. The molecule has 0 saturated heterocycles. The predicted octanol–water partition coefficient (Wildman–Crippen LogP) is 5.53. The second-order valence-electron chi connectivity index (χ2n) is 8.00. The number of hydrogen-bond acceptors (Lipinski definition) is 2. The maximum atomic E-state index is 14.6. The Hall–Kier alpha value is -3.21. The van der Waals surface area contributed by atoms with Crippen molar-refractivity contribution >= 4 is 11.8 Å². The van der Waals surface area contributed by atoms with Crippen molar-refractivity contribution < 1.29 is 19.1 Å². The summed E-state index contributed by atoms with van der Waals surface area (Å²) in [5.74, 6) is -0.979. The highest BCUT2D eigenvalue weighted by Crippen LogP contribution is 2.40. The highest BCUT2D eigenvalue weighted by molar-refractivity contribution is 6.00. The number of ketones is 1. The maximum absolute atomic E-state index is 14.6. The normalized spacial score (nSPS) is 14.6. The number of fused-ring (bicyclic) bond motifs is 1. The van der Waals surface area contributed by atoms with Crippen LogP contribution in [0, 0.1) is 11.2 Å². The number of benzene rings is 2. The summed E-state index contributed by atoms with van der Waals surface area (Å²) in [6.45, 7) is 5.27. The topological polar surface area (TPSA) is 59.3 Å². The summed E-state index contributed by atoms with van der Waals surface area (Å²) >= 11 is 0. The Morgan fingerprint density at radius 2 is 1.62 bits per heavy atom. The van der Waals surface area contributed by atoms with Crippen molar-refractivity contribution in [3.8, 4) is 16.9 Å². The molecule has 0 saturated carbocycles. The van der Waals surface area contributed by atoms with Gasteiger partial charge in [-0.2, -0.15) is 0 Å². The summed E-state index contributed by atoms with van der Waals surface area (Å²) in [5, 5.41) is 7.42. The van der Waals surface area contributed by atoms with E-state index in [1.54, 1.807) is 12.1 Å². The molecule has 1 aliphatic carbocycles. The first-order chi connectivity index (χ1) is 13.7. The second kappa shape index (κ2) is 8.03. The van der Waals surface area contributed by atoms with Crippen molar-refractivity contribution in [3.05, 3.63) is 77.7 Å². The Labute approximate surface area is 169 Å². The van der Waals surface area contributed by atoms with Crippen LogP contribution in [-0.2, 0) is 11.2 Å². The molecule has 2 aromatic carbocycles. The molecule has 1 heterocycles. The zero-order valence-corrected chi connectivity index (χ0v) is 16.8. The van der Waals surface area contributed by atoms with Crippen molar-refractivity contribution in [1.29, 1.82) is 0 Å². The molecule has 0 atom stereocenters. The van der Waals surface area contributed by atoms with Crippen LogP contribution in [0.4, 0.5) is 4.39 Å². The quantitative estimate of drug-likeness (QED) is 0.623. The Morgan fingerprint density at radius 1 is 1.03 bits per heavy atom. The van der Waals surface area contributed by atoms with E-state index in [0.29, 0.717) is 12.1 Å². The molecule has 0 bridgehead atoms. The number of carbonyl (C=O) groups excluding carboxylic acids is 1. The molecule has 1 aliphatic rings. The standard InChI is InChI=1S/C22H20FNO.C2H4O2/c1-22(2)13-20-16(21(25)14-22)12-19(15-8-4-3-5-9-15)24(20)18-11-7-6-10-17(18)23;1-2(3)4/h3-12H,13-14H2,1-2H3;1H3,(H,3,4). The minimum absolute atomic E-state index is 0.126. The van der Waals surface area contributed by atoms with E-state index >= 15 is 0 Å². The lowest BCUT2D eigenvalue weighted by molar-refractivity contribution is -0.134. The number of Topliss-reactive ketones (excluding diaryl/α,β-unsaturated/α-hetero) is 1. The van der Waals surface area contributed by atoms with Gasteiger partial charge >= 0.3 is 0 Å². The lowest BCUT2D eigenvalue weighted by Crippen LogP contribution is -2.28. The van der Waals surface area contributed by atoms with Crippen molar-refractivity contribution in [3.63, 3.8) is 0 Å². The van der Waals surface area contributed by atoms with E-state index in [2.05, 4.69) is 13.8 Å². The van der Waals surface area contributed by atoms with Crippen LogP contribution in [0.1, 0.15) is 43.2 Å². The van der Waals surface area contributed by atoms with Gasteiger partial charge in [0, 0.05) is 24.6 Å². The van der Waals surface area contributed by atoms with E-state index < -0.39 is 5.97 Å². The molecular weight excluding hydrogens is 369 g/mol. The van der Waals surface area contributed by atoms with E-state index in [0.717, 1.165) is 35.9 Å². The van der Waals surface area contributed by atoms with Crippen LogP contribution in [0.25, 0.3) is 16.9 Å². The fourth-order valence-electron chi connectivity index (χ4n) is 3.74. The van der Waals surface area contributed by atoms with E-state index in [9.17, 15) is 9.18 Å². The Balaban J connectivity index is 0.000000552. The van der Waals surface area contributed by atoms with Gasteiger partial charge in [0.15, 0.2) is 5.78 Å². The monoisotopic (exact) mass is 393 g/mol. The van der Waals surface area contributed by atoms with Crippen LogP contribution in [0.3, 0.4) is 0 Å². The molecule has 4 rings (SSSR count). The average molecular weight is 393 g/mol. The predicted molar refractivity (Wildman–Crippen MR) is 111 cm³/mol. The molecule has 4 nitrogen and oxygen atoms in total.